The van der Waals surface area contributed by atoms with Crippen LogP contribution in [-0.4, -0.2) is 5.11 Å². The van der Waals surface area contributed by atoms with E-state index in [9.17, 15) is 5.11 Å². The number of benzene rings is 1. The van der Waals surface area contributed by atoms with Crippen LogP contribution in [-0.2, 0) is 5.60 Å². The SMILES string of the molecule is C#CC(O)(C#C)c1ccccc1Cl. The van der Waals surface area contributed by atoms with E-state index in [0.29, 0.717) is 10.6 Å². The maximum Gasteiger partial charge on any atom is 0.214 e. The minimum absolute atomic E-state index is 0.362. The number of hydrogen-bond donors (Lipinski definition) is 1. The number of aliphatic hydroxyl groups is 1. The van der Waals surface area contributed by atoms with Crippen molar-refractivity contribution >= 4 is 11.6 Å². The van der Waals surface area contributed by atoms with Crippen molar-refractivity contribution in [2.75, 3.05) is 0 Å². The Balaban J connectivity index is 3.33. The molecule has 0 aliphatic heterocycles. The molecule has 0 saturated heterocycles. The average Bonchev–Trinajstić information content (AvgIpc) is 2.17. The van der Waals surface area contributed by atoms with E-state index < -0.39 is 5.60 Å². The molecule has 0 aromatic heterocycles. The van der Waals surface area contributed by atoms with E-state index in [1.807, 2.05) is 0 Å². The molecule has 1 aromatic rings. The van der Waals surface area contributed by atoms with Crippen LogP contribution in [0.4, 0.5) is 0 Å². The minimum Gasteiger partial charge on any atom is -0.363 e. The second-order valence-corrected chi connectivity index (χ2v) is 2.89. The van der Waals surface area contributed by atoms with Gasteiger partial charge in [0.05, 0.1) is 0 Å². The number of halogens is 1. The molecule has 1 N–H and O–H groups in total. The highest BCUT2D eigenvalue weighted by atomic mass is 35.5. The third-order valence-corrected chi connectivity index (χ3v) is 2.01. The summed E-state index contributed by atoms with van der Waals surface area (Å²) in [5, 5.41) is 10.1. The molecular weight excluding hydrogens is 184 g/mol. The van der Waals surface area contributed by atoms with Crippen molar-refractivity contribution in [2.24, 2.45) is 0 Å². The van der Waals surface area contributed by atoms with Crippen LogP contribution < -0.4 is 0 Å². The van der Waals surface area contributed by atoms with E-state index in [2.05, 4.69) is 11.8 Å². The summed E-state index contributed by atoms with van der Waals surface area (Å²) >= 11 is 5.82. The van der Waals surface area contributed by atoms with Crippen LogP contribution >= 0.6 is 11.6 Å². The lowest BCUT2D eigenvalue weighted by Gasteiger charge is -2.16. The van der Waals surface area contributed by atoms with Gasteiger partial charge in [-0.3, -0.25) is 0 Å². The second kappa shape index (κ2) is 3.54. The quantitative estimate of drug-likeness (QED) is 0.670. The second-order valence-electron chi connectivity index (χ2n) is 2.48. The van der Waals surface area contributed by atoms with E-state index in [1.54, 1.807) is 24.3 Å². The maximum absolute atomic E-state index is 9.72. The molecule has 2 heteroatoms. The molecule has 1 rings (SSSR count). The van der Waals surface area contributed by atoms with Crippen molar-refractivity contribution in [1.82, 2.24) is 0 Å². The van der Waals surface area contributed by atoms with Crippen molar-refractivity contribution in [1.29, 1.82) is 0 Å². The number of terminal acetylenes is 2. The highest BCUT2D eigenvalue weighted by Crippen LogP contribution is 2.26. The summed E-state index contributed by atoms with van der Waals surface area (Å²) < 4.78 is 0. The zero-order valence-corrected chi connectivity index (χ0v) is 7.55. The first-order chi connectivity index (χ1) is 6.14. The Bertz CT molecular complexity index is 381. The first kappa shape index (κ1) is 9.68. The predicted octanol–water partition coefficient (Wildman–Crippen LogP) is 1.79. The molecule has 0 heterocycles. The van der Waals surface area contributed by atoms with Crippen molar-refractivity contribution in [3.05, 3.63) is 34.9 Å². The lowest BCUT2D eigenvalue weighted by Crippen LogP contribution is -2.20. The normalized spacial score (nSPS) is 10.2. The van der Waals surface area contributed by atoms with Crippen LogP contribution in [0.1, 0.15) is 5.56 Å². The lowest BCUT2D eigenvalue weighted by atomic mass is 9.96. The molecule has 0 atom stereocenters. The molecule has 0 spiro atoms. The van der Waals surface area contributed by atoms with Crippen LogP contribution in [0, 0.1) is 24.7 Å². The van der Waals surface area contributed by atoms with Gasteiger partial charge in [-0.15, -0.1) is 12.8 Å². The average molecular weight is 191 g/mol. The topological polar surface area (TPSA) is 20.2 Å². The molecule has 64 valence electrons. The van der Waals surface area contributed by atoms with Crippen molar-refractivity contribution < 1.29 is 5.11 Å². The molecule has 0 amide bonds. The van der Waals surface area contributed by atoms with Gasteiger partial charge >= 0.3 is 0 Å². The van der Waals surface area contributed by atoms with Crippen LogP contribution in [0.5, 0.6) is 0 Å². The standard InChI is InChI=1S/C11H7ClO/c1-3-11(13,4-2)9-7-5-6-8-10(9)12/h1-2,5-8,13H. The Morgan fingerprint density at radius 3 is 2.23 bits per heavy atom. The summed E-state index contributed by atoms with van der Waals surface area (Å²) in [4.78, 5) is 0. The summed E-state index contributed by atoms with van der Waals surface area (Å²) in [6, 6.07) is 6.67. The number of hydrogen-bond acceptors (Lipinski definition) is 1. The molecule has 0 aliphatic rings. The van der Waals surface area contributed by atoms with Gasteiger partial charge in [0, 0.05) is 10.6 Å². The Morgan fingerprint density at radius 2 is 1.77 bits per heavy atom. The number of rotatable bonds is 1. The molecule has 0 saturated carbocycles. The summed E-state index contributed by atoms with van der Waals surface area (Å²) in [6.07, 6.45) is 10.2. The predicted molar refractivity (Wildman–Crippen MR) is 53.0 cm³/mol. The Morgan fingerprint density at radius 1 is 1.23 bits per heavy atom. The Kier molecular flexibility index (Phi) is 2.63. The van der Waals surface area contributed by atoms with Gasteiger partial charge in [-0.2, -0.15) is 0 Å². The fourth-order valence-corrected chi connectivity index (χ4v) is 1.22. The zero-order valence-electron chi connectivity index (χ0n) is 6.79. The molecular formula is C11H7ClO. The molecule has 1 nitrogen and oxygen atoms in total. The van der Waals surface area contributed by atoms with E-state index >= 15 is 0 Å². The van der Waals surface area contributed by atoms with Crippen LogP contribution in [0.15, 0.2) is 24.3 Å². The van der Waals surface area contributed by atoms with Crippen molar-refractivity contribution in [3.63, 3.8) is 0 Å². The first-order valence-electron chi connectivity index (χ1n) is 3.57. The smallest absolute Gasteiger partial charge is 0.214 e. The van der Waals surface area contributed by atoms with Crippen molar-refractivity contribution in [3.8, 4) is 24.7 Å². The molecule has 1 aromatic carbocycles. The Labute approximate surface area is 82.4 Å². The largest absolute Gasteiger partial charge is 0.363 e. The Hall–Kier alpha value is -1.41. The minimum atomic E-state index is -1.71. The van der Waals surface area contributed by atoms with E-state index in [-0.39, 0.29) is 0 Å². The lowest BCUT2D eigenvalue weighted by molar-refractivity contribution is 0.165. The van der Waals surface area contributed by atoms with E-state index in [1.165, 1.54) is 0 Å². The summed E-state index contributed by atoms with van der Waals surface area (Å²) in [5.41, 5.74) is -1.35. The summed E-state index contributed by atoms with van der Waals surface area (Å²) in [5.74, 6) is 4.24. The van der Waals surface area contributed by atoms with Gasteiger partial charge in [0.25, 0.3) is 0 Å². The van der Waals surface area contributed by atoms with Crippen molar-refractivity contribution in [2.45, 2.75) is 5.60 Å². The molecule has 13 heavy (non-hydrogen) atoms. The molecule has 0 unspecified atom stereocenters. The van der Waals surface area contributed by atoms with Gasteiger partial charge in [-0.05, 0) is 6.07 Å². The summed E-state index contributed by atoms with van der Waals surface area (Å²) in [7, 11) is 0. The zero-order chi connectivity index (χ0) is 9.90. The van der Waals surface area contributed by atoms with Gasteiger partial charge in [-0.1, -0.05) is 41.6 Å². The van der Waals surface area contributed by atoms with Crippen LogP contribution in [0.3, 0.4) is 0 Å². The monoisotopic (exact) mass is 190 g/mol. The summed E-state index contributed by atoms with van der Waals surface area (Å²) in [6.45, 7) is 0. The van der Waals surface area contributed by atoms with Gasteiger partial charge in [0.1, 0.15) is 0 Å². The highest BCUT2D eigenvalue weighted by Gasteiger charge is 2.25. The van der Waals surface area contributed by atoms with Gasteiger partial charge in [0.2, 0.25) is 5.60 Å². The molecule has 0 aliphatic carbocycles. The van der Waals surface area contributed by atoms with E-state index in [0.717, 1.165) is 0 Å². The molecule has 0 bridgehead atoms. The van der Waals surface area contributed by atoms with Crippen LogP contribution in [0.25, 0.3) is 0 Å². The highest BCUT2D eigenvalue weighted by molar-refractivity contribution is 6.31. The third kappa shape index (κ3) is 1.68. The van der Waals surface area contributed by atoms with Gasteiger partial charge in [0.15, 0.2) is 0 Å². The maximum atomic E-state index is 9.72. The molecule has 0 radical (unpaired) electrons. The van der Waals surface area contributed by atoms with E-state index in [4.69, 9.17) is 24.4 Å². The van der Waals surface area contributed by atoms with Gasteiger partial charge in [-0.25, -0.2) is 0 Å². The fourth-order valence-electron chi connectivity index (χ4n) is 0.952. The first-order valence-corrected chi connectivity index (χ1v) is 3.95. The van der Waals surface area contributed by atoms with Gasteiger partial charge < -0.3 is 5.11 Å². The third-order valence-electron chi connectivity index (χ3n) is 1.68. The van der Waals surface area contributed by atoms with Crippen LogP contribution in [0.2, 0.25) is 5.02 Å². The molecule has 0 fully saturated rings. The fraction of sp³-hybridized carbons (Fsp3) is 0.0909.